The minimum absolute atomic E-state index is 0.0591. The molecule has 0 aliphatic heterocycles. The Balaban J connectivity index is 2.72. The van der Waals surface area contributed by atoms with Gasteiger partial charge in [-0.05, 0) is 6.07 Å². The van der Waals surface area contributed by atoms with Crippen LogP contribution >= 0.6 is 0 Å². The zero-order chi connectivity index (χ0) is 14.9. The number of hydrogen-bond acceptors (Lipinski definition) is 4. The number of carbonyl (C=O) groups is 1. The zero-order valence-corrected chi connectivity index (χ0v) is 11.3. The molecule has 0 unspecified atom stereocenters. The Kier molecular flexibility index (Phi) is 3.47. The van der Waals surface area contributed by atoms with E-state index in [1.54, 1.807) is 23.7 Å². The van der Waals surface area contributed by atoms with Crippen molar-refractivity contribution in [3.63, 3.8) is 0 Å². The predicted octanol–water partition coefficient (Wildman–Crippen LogP) is -0.546. The number of ether oxygens (including phenoxy) is 1. The number of nitrogens with two attached hydrogens (primary N) is 3. The predicted molar refractivity (Wildman–Crippen MR) is 75.3 cm³/mol. The summed E-state index contributed by atoms with van der Waals surface area (Å²) in [6.07, 6.45) is 0. The van der Waals surface area contributed by atoms with E-state index in [1.807, 2.05) is 0 Å². The van der Waals surface area contributed by atoms with Crippen LogP contribution in [0.5, 0.6) is 5.88 Å². The standard InChI is InChI=1S/C12H16N6O2/c1-18-6-3-4-8(20-2)17-10(6)9(11(13)19)7(18)5-16-12(14)15/h3-4H,5H2,1-2H3,(H2,13,19)(H4,14,15,16). The van der Waals surface area contributed by atoms with Gasteiger partial charge >= 0.3 is 0 Å². The number of guanidine groups is 1. The van der Waals surface area contributed by atoms with Crippen LogP contribution in [0.1, 0.15) is 16.1 Å². The Morgan fingerprint density at radius 1 is 1.40 bits per heavy atom. The monoisotopic (exact) mass is 276 g/mol. The van der Waals surface area contributed by atoms with E-state index in [1.165, 1.54) is 7.11 Å². The lowest BCUT2D eigenvalue weighted by atomic mass is 10.2. The molecule has 20 heavy (non-hydrogen) atoms. The van der Waals surface area contributed by atoms with Crippen molar-refractivity contribution in [3.8, 4) is 5.88 Å². The Morgan fingerprint density at radius 3 is 2.65 bits per heavy atom. The molecule has 0 fully saturated rings. The summed E-state index contributed by atoms with van der Waals surface area (Å²) in [5, 5.41) is 0. The first-order chi connectivity index (χ1) is 9.45. The molecule has 0 bridgehead atoms. The van der Waals surface area contributed by atoms with E-state index in [9.17, 15) is 4.79 Å². The first-order valence-corrected chi connectivity index (χ1v) is 5.83. The maximum Gasteiger partial charge on any atom is 0.252 e. The number of fused-ring (bicyclic) bond motifs is 1. The summed E-state index contributed by atoms with van der Waals surface area (Å²) in [7, 11) is 3.29. The van der Waals surface area contributed by atoms with Crippen molar-refractivity contribution in [1.29, 1.82) is 0 Å². The third-order valence-electron chi connectivity index (χ3n) is 3.01. The Hall–Kier alpha value is -2.77. The van der Waals surface area contributed by atoms with Gasteiger partial charge in [0.2, 0.25) is 5.88 Å². The fourth-order valence-electron chi connectivity index (χ4n) is 2.06. The number of rotatable bonds is 4. The van der Waals surface area contributed by atoms with E-state index in [0.29, 0.717) is 22.7 Å². The highest BCUT2D eigenvalue weighted by molar-refractivity contribution is 6.06. The van der Waals surface area contributed by atoms with Crippen LogP contribution in [0.2, 0.25) is 0 Å². The summed E-state index contributed by atoms with van der Waals surface area (Å²) in [4.78, 5) is 19.9. The summed E-state index contributed by atoms with van der Waals surface area (Å²) < 4.78 is 6.85. The van der Waals surface area contributed by atoms with Gasteiger partial charge in [-0.15, -0.1) is 0 Å². The lowest BCUT2D eigenvalue weighted by molar-refractivity contribution is 0.100. The molecule has 2 rings (SSSR count). The van der Waals surface area contributed by atoms with Crippen LogP contribution in [-0.4, -0.2) is 28.5 Å². The molecule has 0 aliphatic carbocycles. The van der Waals surface area contributed by atoms with E-state index in [-0.39, 0.29) is 12.5 Å². The summed E-state index contributed by atoms with van der Waals surface area (Å²) in [5.74, 6) is -0.243. The minimum atomic E-state index is -0.586. The number of nitrogens with zero attached hydrogens (tertiary/aromatic N) is 3. The lowest BCUT2D eigenvalue weighted by Gasteiger charge is -2.02. The number of aliphatic imine (C=N–C) groups is 1. The van der Waals surface area contributed by atoms with E-state index in [0.717, 1.165) is 5.52 Å². The van der Waals surface area contributed by atoms with Crippen molar-refractivity contribution in [2.75, 3.05) is 7.11 Å². The van der Waals surface area contributed by atoms with Crippen LogP contribution in [0.25, 0.3) is 11.0 Å². The van der Waals surface area contributed by atoms with Crippen molar-refractivity contribution < 1.29 is 9.53 Å². The fraction of sp³-hybridized carbons (Fsp3) is 0.250. The average molecular weight is 276 g/mol. The molecular weight excluding hydrogens is 260 g/mol. The van der Waals surface area contributed by atoms with Gasteiger partial charge in [-0.2, -0.15) is 0 Å². The summed E-state index contributed by atoms with van der Waals surface area (Å²) in [6.45, 7) is 0.149. The third-order valence-corrected chi connectivity index (χ3v) is 3.01. The van der Waals surface area contributed by atoms with Crippen molar-refractivity contribution in [2.45, 2.75) is 6.54 Å². The molecule has 8 heteroatoms. The largest absolute Gasteiger partial charge is 0.481 e. The Morgan fingerprint density at radius 2 is 2.10 bits per heavy atom. The van der Waals surface area contributed by atoms with Gasteiger partial charge in [0.1, 0.15) is 5.52 Å². The molecule has 106 valence electrons. The number of primary amides is 1. The van der Waals surface area contributed by atoms with Gasteiger partial charge in [0.15, 0.2) is 5.96 Å². The van der Waals surface area contributed by atoms with Crippen molar-refractivity contribution in [2.24, 2.45) is 29.2 Å². The highest BCUT2D eigenvalue weighted by Crippen LogP contribution is 2.26. The molecule has 1 amide bonds. The highest BCUT2D eigenvalue weighted by atomic mass is 16.5. The van der Waals surface area contributed by atoms with Gasteiger partial charge < -0.3 is 26.5 Å². The molecule has 2 aromatic heterocycles. The van der Waals surface area contributed by atoms with Crippen molar-refractivity contribution in [3.05, 3.63) is 23.4 Å². The molecule has 0 aromatic carbocycles. The van der Waals surface area contributed by atoms with Gasteiger partial charge in [0.25, 0.3) is 5.91 Å². The second kappa shape index (κ2) is 5.08. The van der Waals surface area contributed by atoms with Crippen LogP contribution < -0.4 is 21.9 Å². The Bertz CT molecular complexity index is 700. The van der Waals surface area contributed by atoms with Gasteiger partial charge in [-0.3, -0.25) is 4.79 Å². The first-order valence-electron chi connectivity index (χ1n) is 5.83. The number of aryl methyl sites for hydroxylation is 1. The molecule has 0 saturated carbocycles. The minimum Gasteiger partial charge on any atom is -0.481 e. The van der Waals surface area contributed by atoms with E-state index in [4.69, 9.17) is 21.9 Å². The molecule has 0 atom stereocenters. The SMILES string of the molecule is COc1ccc2c(n1)c(C(N)=O)c(CN=C(N)N)n2C. The zero-order valence-electron chi connectivity index (χ0n) is 11.3. The van der Waals surface area contributed by atoms with Gasteiger partial charge in [0.05, 0.1) is 30.4 Å². The van der Waals surface area contributed by atoms with Crippen molar-refractivity contribution in [1.82, 2.24) is 9.55 Å². The highest BCUT2D eigenvalue weighted by Gasteiger charge is 2.20. The molecule has 2 heterocycles. The molecule has 0 radical (unpaired) electrons. The maximum atomic E-state index is 11.7. The number of hydrogen-bond donors (Lipinski definition) is 3. The van der Waals surface area contributed by atoms with Gasteiger partial charge in [-0.1, -0.05) is 0 Å². The second-order valence-corrected chi connectivity index (χ2v) is 4.21. The third kappa shape index (κ3) is 2.22. The number of amides is 1. The smallest absolute Gasteiger partial charge is 0.252 e. The number of carbonyl (C=O) groups excluding carboxylic acids is 1. The average Bonchev–Trinajstić information content (AvgIpc) is 2.68. The second-order valence-electron chi connectivity index (χ2n) is 4.21. The van der Waals surface area contributed by atoms with Crippen molar-refractivity contribution >= 4 is 22.9 Å². The summed E-state index contributed by atoms with van der Waals surface area (Å²) in [5.41, 5.74) is 18.2. The Labute approximate surface area is 115 Å². The lowest BCUT2D eigenvalue weighted by Crippen LogP contribution is -2.23. The molecule has 0 saturated heterocycles. The van der Waals surface area contributed by atoms with E-state index in [2.05, 4.69) is 9.98 Å². The molecule has 0 aliphatic rings. The molecule has 2 aromatic rings. The van der Waals surface area contributed by atoms with Gasteiger partial charge in [-0.25, -0.2) is 9.98 Å². The van der Waals surface area contributed by atoms with E-state index < -0.39 is 5.91 Å². The fourth-order valence-corrected chi connectivity index (χ4v) is 2.06. The number of pyridine rings is 1. The quantitative estimate of drug-likeness (QED) is 0.509. The maximum absolute atomic E-state index is 11.7. The topological polar surface area (TPSA) is 135 Å². The van der Waals surface area contributed by atoms with Gasteiger partial charge in [0, 0.05) is 13.1 Å². The molecule has 0 spiro atoms. The molecule has 6 N–H and O–H groups in total. The van der Waals surface area contributed by atoms with Crippen LogP contribution in [0.3, 0.4) is 0 Å². The van der Waals surface area contributed by atoms with Crippen LogP contribution in [0, 0.1) is 0 Å². The summed E-state index contributed by atoms with van der Waals surface area (Å²) in [6, 6.07) is 3.50. The first kappa shape index (κ1) is 13.7. The molecular formula is C12H16N6O2. The van der Waals surface area contributed by atoms with E-state index >= 15 is 0 Å². The van der Waals surface area contributed by atoms with Crippen LogP contribution in [0.15, 0.2) is 17.1 Å². The number of methoxy groups -OCH3 is 1. The normalized spacial score (nSPS) is 10.5. The summed E-state index contributed by atoms with van der Waals surface area (Å²) >= 11 is 0. The molecule has 8 nitrogen and oxygen atoms in total. The van der Waals surface area contributed by atoms with Crippen LogP contribution in [-0.2, 0) is 13.6 Å². The number of aromatic nitrogens is 2. The van der Waals surface area contributed by atoms with Crippen LogP contribution in [0.4, 0.5) is 0 Å².